The van der Waals surface area contributed by atoms with E-state index in [2.05, 4.69) is 10.0 Å². The van der Waals surface area contributed by atoms with Crippen LogP contribution in [-0.4, -0.2) is 117 Å². The molecule has 7 aromatic carbocycles. The SMILES string of the molecule is [N-]=[N+]=NCCO[C@]1(OCc2ccccc2)CO[C@H](COCc2ccccc2)C1OP(=O)(O)OCC(OCc1ccccc1)C(OCc1ccccc1)C(CO[C@@H]1O[C@H](COCc2ccccc2)C(O[PH](=O)O)C1OCc1ccccc1)OCc1ccccc1. The molecule has 0 aliphatic carbocycles. The summed E-state index contributed by atoms with van der Waals surface area (Å²) in [7, 11) is -8.85. The first-order valence-corrected chi connectivity index (χ1v) is 32.0. The number of ether oxygens (including phenoxy) is 11. The zero-order valence-electron chi connectivity index (χ0n) is 49.0. The largest absolute Gasteiger partial charge is 0.472 e. The quantitative estimate of drug-likeness (QED) is 0.00907. The van der Waals surface area contributed by atoms with Gasteiger partial charge in [0.15, 0.2) is 12.4 Å². The zero-order valence-corrected chi connectivity index (χ0v) is 50.9. The molecule has 8 unspecified atom stereocenters. The van der Waals surface area contributed by atoms with Crippen molar-refractivity contribution in [2.45, 2.75) is 107 Å². The lowest BCUT2D eigenvalue weighted by molar-refractivity contribution is -0.270. The molecule has 0 radical (unpaired) electrons. The summed E-state index contributed by atoms with van der Waals surface area (Å²) >= 11 is 0. The van der Waals surface area contributed by atoms with E-state index < -0.39 is 83.6 Å². The van der Waals surface area contributed by atoms with Crippen molar-refractivity contribution in [2.24, 2.45) is 5.11 Å². The average Bonchev–Trinajstić information content (AvgIpc) is 1.73. The predicted octanol–water partition coefficient (Wildman–Crippen LogP) is 11.4. The van der Waals surface area contributed by atoms with Gasteiger partial charge in [0, 0.05) is 11.5 Å². The zero-order chi connectivity index (χ0) is 61.8. The molecule has 89 heavy (non-hydrogen) atoms. The Morgan fingerprint density at radius 2 is 1.00 bits per heavy atom. The number of hydrogen-bond acceptors (Lipinski definition) is 17. The van der Waals surface area contributed by atoms with Crippen molar-refractivity contribution in [3.05, 3.63) is 262 Å². The third-order valence-corrected chi connectivity index (χ3v) is 15.9. The van der Waals surface area contributed by atoms with Crippen LogP contribution in [0.4, 0.5) is 0 Å². The fraction of sp³-hybridized carbons (Fsp3) is 0.364. The van der Waals surface area contributed by atoms with Gasteiger partial charge in [-0.05, 0) is 44.5 Å². The van der Waals surface area contributed by atoms with E-state index in [9.17, 15) is 18.9 Å². The van der Waals surface area contributed by atoms with Gasteiger partial charge in [-0.15, -0.1) is 0 Å². The summed E-state index contributed by atoms with van der Waals surface area (Å²) in [6, 6.07) is 65.7. The smallest absolute Gasteiger partial charge is 0.374 e. The Labute approximate surface area is 518 Å². The van der Waals surface area contributed by atoms with E-state index in [1.54, 1.807) is 0 Å². The van der Waals surface area contributed by atoms with Crippen molar-refractivity contribution in [1.82, 2.24) is 0 Å². The first kappa shape index (κ1) is 67.1. The molecular formula is C66H75N3O18P2. The molecule has 0 aromatic heterocycles. The first-order valence-electron chi connectivity index (χ1n) is 29.2. The van der Waals surface area contributed by atoms with Gasteiger partial charge in [-0.1, -0.05) is 217 Å². The highest BCUT2D eigenvalue weighted by Gasteiger charge is 2.57. The number of azide groups is 1. The standard InChI is InChI=1S/C66H75N3O18P2/c67-69-68-36-37-82-66(83-44-56-34-20-7-21-35-56)49-81-60(46-75-39-51-24-10-2-11-25-51)64(66)87-89(72,73)84-48-58(77-41-53-28-14-4-15-29-53)61(78-42-54-30-16-5-17-31-54)57(76-40-52-26-12-3-13-27-52)47-80-65-63(79-43-55-32-18-6-19-33-55)62(86-88(70)71)59(85-65)45-74-38-50-22-8-1-9-23-50/h1-35,57-65,88H,36-49H2,(H,70,71)(H,72,73)/t57?,58?,59-,60-,61?,62?,63?,64?,65-,66+/m1/s1. The molecular weight excluding hydrogens is 1180 g/mol. The Kier molecular flexibility index (Phi) is 27.1. The highest BCUT2D eigenvalue weighted by Crippen LogP contribution is 2.50. The highest BCUT2D eigenvalue weighted by molar-refractivity contribution is 7.47. The number of nitrogens with zero attached hydrogens (tertiary/aromatic N) is 3. The van der Waals surface area contributed by atoms with Crippen LogP contribution in [0.5, 0.6) is 0 Å². The van der Waals surface area contributed by atoms with Gasteiger partial charge in [-0.3, -0.25) is 13.6 Å². The Morgan fingerprint density at radius 1 is 0.562 bits per heavy atom. The molecule has 0 bridgehead atoms. The number of benzene rings is 7. The van der Waals surface area contributed by atoms with Crippen LogP contribution in [0.2, 0.25) is 0 Å². The second-order valence-corrected chi connectivity index (χ2v) is 23.1. The maximum atomic E-state index is 15.0. The first-order chi connectivity index (χ1) is 43.6. The Bertz CT molecular complexity index is 3230. The lowest BCUT2D eigenvalue weighted by atomic mass is 10.1. The van der Waals surface area contributed by atoms with Crippen molar-refractivity contribution < 1.29 is 84.6 Å². The molecule has 472 valence electrons. The monoisotopic (exact) mass is 1260 g/mol. The molecule has 7 aromatic rings. The van der Waals surface area contributed by atoms with Crippen molar-refractivity contribution in [3.63, 3.8) is 0 Å². The van der Waals surface area contributed by atoms with Crippen LogP contribution in [0.15, 0.2) is 217 Å². The van der Waals surface area contributed by atoms with Gasteiger partial charge in [0.2, 0.25) is 5.79 Å². The van der Waals surface area contributed by atoms with E-state index in [0.29, 0.717) is 0 Å². The second-order valence-electron chi connectivity index (χ2n) is 20.9. The summed E-state index contributed by atoms with van der Waals surface area (Å²) < 4.78 is 118. The third-order valence-electron chi connectivity index (χ3n) is 14.5. The number of phosphoric acid groups is 1. The second kappa shape index (κ2) is 35.9. The summed E-state index contributed by atoms with van der Waals surface area (Å²) in [5.74, 6) is -1.86. The number of phosphoric ester groups is 1. The fourth-order valence-electron chi connectivity index (χ4n) is 10.0. The summed E-state index contributed by atoms with van der Waals surface area (Å²) in [4.78, 5) is 25.4. The average molecular weight is 1260 g/mol. The van der Waals surface area contributed by atoms with E-state index in [0.717, 1.165) is 38.9 Å². The van der Waals surface area contributed by atoms with Crippen LogP contribution in [-0.2, 0) is 121 Å². The molecule has 2 N–H and O–H groups in total. The van der Waals surface area contributed by atoms with Crippen molar-refractivity contribution >= 4 is 16.1 Å². The van der Waals surface area contributed by atoms with Gasteiger partial charge >= 0.3 is 16.1 Å². The number of rotatable bonds is 39. The number of hydrogen-bond donors (Lipinski definition) is 2. The fourth-order valence-corrected chi connectivity index (χ4v) is 11.5. The van der Waals surface area contributed by atoms with Crippen LogP contribution < -0.4 is 0 Å². The summed E-state index contributed by atoms with van der Waals surface area (Å²) in [6.45, 7) is -1.31. The maximum Gasteiger partial charge on any atom is 0.472 e. The Morgan fingerprint density at radius 3 is 1.48 bits per heavy atom. The van der Waals surface area contributed by atoms with Gasteiger partial charge in [0.05, 0.1) is 79.3 Å². The Balaban J connectivity index is 1.04. The molecule has 2 aliphatic rings. The maximum absolute atomic E-state index is 15.0. The molecule has 0 spiro atoms. The lowest BCUT2D eigenvalue weighted by Crippen LogP contribution is -2.51. The van der Waals surface area contributed by atoms with Crippen LogP contribution in [0, 0.1) is 0 Å². The van der Waals surface area contributed by atoms with Gasteiger partial charge in [0.25, 0.3) is 0 Å². The van der Waals surface area contributed by atoms with E-state index in [4.69, 9.17) is 71.2 Å². The molecule has 23 heteroatoms. The normalized spacial score (nSPS) is 22.0. The predicted molar refractivity (Wildman–Crippen MR) is 327 cm³/mol. The van der Waals surface area contributed by atoms with E-state index in [-0.39, 0.29) is 85.8 Å². The van der Waals surface area contributed by atoms with Crippen LogP contribution in [0.25, 0.3) is 10.4 Å². The van der Waals surface area contributed by atoms with Crippen molar-refractivity contribution in [2.75, 3.05) is 46.2 Å². The van der Waals surface area contributed by atoms with E-state index in [1.807, 2.05) is 212 Å². The van der Waals surface area contributed by atoms with Gasteiger partial charge in [0.1, 0.15) is 49.3 Å². The van der Waals surface area contributed by atoms with Gasteiger partial charge in [-0.2, -0.15) is 0 Å². The highest BCUT2D eigenvalue weighted by atomic mass is 31.2. The summed E-state index contributed by atoms with van der Waals surface area (Å²) in [6.07, 6.45) is -10.5. The molecule has 0 amide bonds. The minimum Gasteiger partial charge on any atom is -0.374 e. The van der Waals surface area contributed by atoms with Crippen molar-refractivity contribution in [1.29, 1.82) is 0 Å². The van der Waals surface area contributed by atoms with E-state index >= 15 is 0 Å². The van der Waals surface area contributed by atoms with Gasteiger partial charge in [-0.25, -0.2) is 4.57 Å². The topological polar surface area (TPSA) is 253 Å². The Hall–Kier alpha value is -6.33. The molecule has 0 saturated carbocycles. The van der Waals surface area contributed by atoms with Crippen molar-refractivity contribution in [3.8, 4) is 0 Å². The molecule has 2 aliphatic heterocycles. The van der Waals surface area contributed by atoms with E-state index in [1.165, 1.54) is 0 Å². The minimum absolute atomic E-state index is 0.00200. The van der Waals surface area contributed by atoms with Crippen LogP contribution >= 0.6 is 16.1 Å². The lowest BCUT2D eigenvalue weighted by Gasteiger charge is -2.36. The summed E-state index contributed by atoms with van der Waals surface area (Å²) in [5.41, 5.74) is 14.8. The minimum atomic E-state index is -5.27. The molecule has 12 atom stereocenters. The van der Waals surface area contributed by atoms with Crippen LogP contribution in [0.3, 0.4) is 0 Å². The molecule has 2 fully saturated rings. The van der Waals surface area contributed by atoms with Crippen LogP contribution in [0.1, 0.15) is 38.9 Å². The summed E-state index contributed by atoms with van der Waals surface area (Å²) in [5, 5.41) is 3.64. The molecule has 2 heterocycles. The third kappa shape index (κ3) is 21.7. The molecule has 21 nitrogen and oxygen atoms in total. The molecule has 2 saturated heterocycles. The van der Waals surface area contributed by atoms with Gasteiger partial charge < -0.3 is 66.4 Å². The molecule has 9 rings (SSSR count).